The van der Waals surface area contributed by atoms with E-state index in [0.717, 1.165) is 18.6 Å². The van der Waals surface area contributed by atoms with Crippen LogP contribution in [-0.4, -0.2) is 12.6 Å². The molecule has 1 unspecified atom stereocenters. The van der Waals surface area contributed by atoms with E-state index in [-0.39, 0.29) is 5.54 Å². The summed E-state index contributed by atoms with van der Waals surface area (Å²) in [6.07, 6.45) is 1.78. The molecule has 18 heavy (non-hydrogen) atoms. The topological polar surface area (TPSA) is 35.2 Å². The van der Waals surface area contributed by atoms with Gasteiger partial charge >= 0.3 is 0 Å². The smallest absolute Gasteiger partial charge is 0.118 e. The van der Waals surface area contributed by atoms with E-state index >= 15 is 0 Å². The van der Waals surface area contributed by atoms with Gasteiger partial charge in [0, 0.05) is 10.4 Å². The Balaban J connectivity index is 2.02. The minimum Gasteiger partial charge on any atom is -0.497 e. The molecule has 0 bridgehead atoms. The molecule has 1 aromatic carbocycles. The van der Waals surface area contributed by atoms with Crippen molar-refractivity contribution < 1.29 is 4.74 Å². The van der Waals surface area contributed by atoms with Gasteiger partial charge in [-0.05, 0) is 48.9 Å². The van der Waals surface area contributed by atoms with Crippen LogP contribution < -0.4 is 10.5 Å². The molecule has 2 N–H and O–H groups in total. The van der Waals surface area contributed by atoms with E-state index in [2.05, 4.69) is 36.6 Å². The molecule has 0 saturated carbocycles. The highest BCUT2D eigenvalue weighted by molar-refractivity contribution is 7.09. The van der Waals surface area contributed by atoms with E-state index in [1.165, 1.54) is 10.4 Å². The van der Waals surface area contributed by atoms with Crippen molar-refractivity contribution in [2.24, 2.45) is 5.73 Å². The summed E-state index contributed by atoms with van der Waals surface area (Å²) < 4.78 is 5.15. The number of ether oxygens (including phenoxy) is 1. The van der Waals surface area contributed by atoms with Gasteiger partial charge in [0.1, 0.15) is 5.75 Å². The fourth-order valence-electron chi connectivity index (χ4n) is 2.08. The molecule has 96 valence electrons. The number of thiophene rings is 1. The van der Waals surface area contributed by atoms with Crippen LogP contribution in [-0.2, 0) is 12.8 Å². The largest absolute Gasteiger partial charge is 0.497 e. The van der Waals surface area contributed by atoms with Gasteiger partial charge in [0.25, 0.3) is 0 Å². The third kappa shape index (κ3) is 3.59. The molecule has 0 aliphatic rings. The van der Waals surface area contributed by atoms with Gasteiger partial charge in [-0.3, -0.25) is 0 Å². The number of hydrogen-bond donors (Lipinski definition) is 1. The molecule has 0 saturated heterocycles. The normalized spacial score (nSPS) is 14.2. The Hall–Kier alpha value is -1.32. The van der Waals surface area contributed by atoms with Gasteiger partial charge in [0.05, 0.1) is 7.11 Å². The van der Waals surface area contributed by atoms with Crippen molar-refractivity contribution in [3.63, 3.8) is 0 Å². The van der Waals surface area contributed by atoms with E-state index in [1.807, 2.05) is 12.1 Å². The molecular formula is C15H19NOS. The summed E-state index contributed by atoms with van der Waals surface area (Å²) in [4.78, 5) is 1.34. The van der Waals surface area contributed by atoms with Crippen LogP contribution in [0.3, 0.4) is 0 Å². The monoisotopic (exact) mass is 261 g/mol. The molecule has 0 fully saturated rings. The third-order valence-electron chi connectivity index (χ3n) is 2.93. The highest BCUT2D eigenvalue weighted by atomic mass is 32.1. The van der Waals surface area contributed by atoms with Gasteiger partial charge in [-0.25, -0.2) is 0 Å². The molecule has 2 rings (SSSR count). The second-order valence-electron chi connectivity index (χ2n) is 4.94. The van der Waals surface area contributed by atoms with Crippen molar-refractivity contribution in [2.75, 3.05) is 7.11 Å². The number of nitrogens with two attached hydrogens (primary N) is 1. The molecule has 0 radical (unpaired) electrons. The fourth-order valence-corrected chi connectivity index (χ4v) is 2.99. The zero-order valence-corrected chi connectivity index (χ0v) is 11.7. The molecule has 0 amide bonds. The standard InChI is InChI=1S/C15H19NOS/c1-15(16,11-14-4-3-9-18-14)10-12-5-7-13(17-2)8-6-12/h3-9H,10-11,16H2,1-2H3. The van der Waals surface area contributed by atoms with Crippen LogP contribution in [0.15, 0.2) is 41.8 Å². The van der Waals surface area contributed by atoms with Crippen LogP contribution in [0.2, 0.25) is 0 Å². The van der Waals surface area contributed by atoms with Gasteiger partial charge in [0.15, 0.2) is 0 Å². The molecule has 1 heterocycles. The molecule has 1 atom stereocenters. The van der Waals surface area contributed by atoms with Gasteiger partial charge in [-0.1, -0.05) is 18.2 Å². The Morgan fingerprint density at radius 2 is 1.89 bits per heavy atom. The summed E-state index contributed by atoms with van der Waals surface area (Å²) in [6, 6.07) is 12.3. The minimum atomic E-state index is -0.209. The van der Waals surface area contributed by atoms with E-state index in [0.29, 0.717) is 0 Å². The van der Waals surface area contributed by atoms with Crippen LogP contribution in [0.5, 0.6) is 5.75 Å². The predicted molar refractivity (Wildman–Crippen MR) is 77.3 cm³/mol. The zero-order chi connectivity index (χ0) is 13.0. The number of rotatable bonds is 5. The van der Waals surface area contributed by atoms with Crippen molar-refractivity contribution in [1.82, 2.24) is 0 Å². The SMILES string of the molecule is COc1ccc(CC(C)(N)Cc2cccs2)cc1. The summed E-state index contributed by atoms with van der Waals surface area (Å²) in [5.41, 5.74) is 7.42. The average Bonchev–Trinajstić information content (AvgIpc) is 2.81. The Morgan fingerprint density at radius 3 is 2.44 bits per heavy atom. The maximum Gasteiger partial charge on any atom is 0.118 e. The second-order valence-corrected chi connectivity index (χ2v) is 5.97. The summed E-state index contributed by atoms with van der Waals surface area (Å²) in [5, 5.41) is 2.10. The molecule has 0 aliphatic heterocycles. The van der Waals surface area contributed by atoms with Crippen LogP contribution in [0.4, 0.5) is 0 Å². The average molecular weight is 261 g/mol. The molecule has 1 aromatic heterocycles. The Kier molecular flexibility index (Phi) is 4.04. The Morgan fingerprint density at radius 1 is 1.17 bits per heavy atom. The number of hydrogen-bond acceptors (Lipinski definition) is 3. The lowest BCUT2D eigenvalue weighted by Gasteiger charge is -2.24. The van der Waals surface area contributed by atoms with E-state index < -0.39 is 0 Å². The third-order valence-corrected chi connectivity index (χ3v) is 3.80. The molecular weight excluding hydrogens is 242 g/mol. The molecule has 2 aromatic rings. The van der Waals surface area contributed by atoms with Crippen LogP contribution in [0.1, 0.15) is 17.4 Å². The lowest BCUT2D eigenvalue weighted by Crippen LogP contribution is -2.40. The molecule has 2 nitrogen and oxygen atoms in total. The Bertz CT molecular complexity index is 474. The summed E-state index contributed by atoms with van der Waals surface area (Å²) in [7, 11) is 1.68. The van der Waals surface area contributed by atoms with Crippen molar-refractivity contribution in [1.29, 1.82) is 0 Å². The number of methoxy groups -OCH3 is 1. The molecule has 0 aliphatic carbocycles. The van der Waals surface area contributed by atoms with E-state index in [1.54, 1.807) is 18.4 Å². The second kappa shape index (κ2) is 5.55. The van der Waals surface area contributed by atoms with Crippen LogP contribution in [0.25, 0.3) is 0 Å². The lowest BCUT2D eigenvalue weighted by molar-refractivity contribution is 0.414. The van der Waals surface area contributed by atoms with Gasteiger partial charge < -0.3 is 10.5 Å². The van der Waals surface area contributed by atoms with Crippen LogP contribution in [0, 0.1) is 0 Å². The fraction of sp³-hybridized carbons (Fsp3) is 0.333. The first-order valence-electron chi connectivity index (χ1n) is 6.03. The predicted octanol–water partition coefficient (Wildman–Crippen LogP) is 3.26. The van der Waals surface area contributed by atoms with Crippen LogP contribution >= 0.6 is 11.3 Å². The van der Waals surface area contributed by atoms with Crippen molar-refractivity contribution in [2.45, 2.75) is 25.3 Å². The Labute approximate surface area is 112 Å². The molecule has 0 spiro atoms. The van der Waals surface area contributed by atoms with E-state index in [9.17, 15) is 0 Å². The highest BCUT2D eigenvalue weighted by Crippen LogP contribution is 2.21. The van der Waals surface area contributed by atoms with Gasteiger partial charge in [0.2, 0.25) is 0 Å². The summed E-state index contributed by atoms with van der Waals surface area (Å²) in [5.74, 6) is 0.885. The minimum absolute atomic E-state index is 0.209. The first kappa shape index (κ1) is 13.1. The van der Waals surface area contributed by atoms with Crippen molar-refractivity contribution in [3.05, 3.63) is 52.2 Å². The maximum atomic E-state index is 6.39. The maximum absolute atomic E-state index is 6.39. The summed E-state index contributed by atoms with van der Waals surface area (Å²) >= 11 is 1.77. The first-order valence-corrected chi connectivity index (χ1v) is 6.91. The highest BCUT2D eigenvalue weighted by Gasteiger charge is 2.20. The van der Waals surface area contributed by atoms with Gasteiger partial charge in [-0.2, -0.15) is 0 Å². The quantitative estimate of drug-likeness (QED) is 0.896. The van der Waals surface area contributed by atoms with Gasteiger partial charge in [-0.15, -0.1) is 11.3 Å². The zero-order valence-electron chi connectivity index (χ0n) is 10.8. The van der Waals surface area contributed by atoms with Crippen molar-refractivity contribution >= 4 is 11.3 Å². The van der Waals surface area contributed by atoms with E-state index in [4.69, 9.17) is 10.5 Å². The van der Waals surface area contributed by atoms with Crippen molar-refractivity contribution in [3.8, 4) is 5.75 Å². The number of benzene rings is 1. The molecule has 3 heteroatoms. The first-order chi connectivity index (χ1) is 8.59. The lowest BCUT2D eigenvalue weighted by atomic mass is 9.90. The summed E-state index contributed by atoms with van der Waals surface area (Å²) in [6.45, 7) is 2.11.